The van der Waals surface area contributed by atoms with E-state index >= 15 is 0 Å². The quantitative estimate of drug-likeness (QED) is 0.139. The van der Waals surface area contributed by atoms with Crippen molar-refractivity contribution in [1.82, 2.24) is 5.32 Å². The van der Waals surface area contributed by atoms with Crippen LogP contribution in [-0.2, 0) is 37.5 Å². The van der Waals surface area contributed by atoms with Crippen molar-refractivity contribution in [2.24, 2.45) is 0 Å². The second-order valence-electron chi connectivity index (χ2n) is 10.4. The zero-order valence-electron chi connectivity index (χ0n) is 24.9. The average molecular weight is 588 g/mol. The minimum absolute atomic E-state index is 0.0632. The van der Waals surface area contributed by atoms with Crippen molar-refractivity contribution in [3.05, 3.63) is 155 Å². The Balaban J connectivity index is 1.15. The van der Waals surface area contributed by atoms with Gasteiger partial charge in [0.05, 0.1) is 13.5 Å². The van der Waals surface area contributed by atoms with Crippen molar-refractivity contribution >= 4 is 5.91 Å². The Labute approximate surface area is 259 Å². The van der Waals surface area contributed by atoms with Crippen LogP contribution in [0.3, 0.4) is 0 Å². The molecule has 224 valence electrons. The van der Waals surface area contributed by atoms with Gasteiger partial charge in [-0.1, -0.05) is 103 Å². The van der Waals surface area contributed by atoms with Crippen LogP contribution < -0.4 is 24.3 Å². The lowest BCUT2D eigenvalue weighted by atomic mass is 10.1. The number of methoxy groups -OCH3 is 1. The number of amides is 1. The van der Waals surface area contributed by atoms with Crippen LogP contribution in [0.2, 0.25) is 0 Å². The van der Waals surface area contributed by atoms with Crippen LogP contribution in [0.25, 0.3) is 0 Å². The molecule has 5 rings (SSSR count). The summed E-state index contributed by atoms with van der Waals surface area (Å²) in [6, 6.07) is 41.5. The van der Waals surface area contributed by atoms with Crippen LogP contribution in [-0.4, -0.2) is 19.6 Å². The number of carbonyl (C=O) groups is 1. The van der Waals surface area contributed by atoms with Crippen LogP contribution in [0, 0.1) is 0 Å². The fourth-order valence-electron chi connectivity index (χ4n) is 4.68. The first-order valence-corrected chi connectivity index (χ1v) is 14.7. The van der Waals surface area contributed by atoms with Crippen LogP contribution >= 0.6 is 0 Å². The molecular formula is C38H37NO5. The summed E-state index contributed by atoms with van der Waals surface area (Å²) in [4.78, 5) is 12.9. The third-order valence-electron chi connectivity index (χ3n) is 7.05. The van der Waals surface area contributed by atoms with Crippen molar-refractivity contribution in [1.29, 1.82) is 0 Å². The van der Waals surface area contributed by atoms with Crippen molar-refractivity contribution in [2.45, 2.75) is 32.7 Å². The van der Waals surface area contributed by atoms with E-state index in [0.29, 0.717) is 55.8 Å². The van der Waals surface area contributed by atoms with E-state index in [4.69, 9.17) is 18.9 Å². The maximum Gasteiger partial charge on any atom is 0.224 e. The number of hydrogen-bond acceptors (Lipinski definition) is 5. The van der Waals surface area contributed by atoms with Crippen molar-refractivity contribution in [3.8, 4) is 23.0 Å². The van der Waals surface area contributed by atoms with Gasteiger partial charge >= 0.3 is 0 Å². The molecule has 0 saturated carbocycles. The van der Waals surface area contributed by atoms with Gasteiger partial charge < -0.3 is 24.3 Å². The van der Waals surface area contributed by atoms with Gasteiger partial charge in [0.2, 0.25) is 5.91 Å². The summed E-state index contributed by atoms with van der Waals surface area (Å²) >= 11 is 0. The number of benzene rings is 5. The largest absolute Gasteiger partial charge is 0.493 e. The third kappa shape index (κ3) is 9.13. The molecule has 0 aromatic heterocycles. The lowest BCUT2D eigenvalue weighted by molar-refractivity contribution is -0.120. The molecule has 6 nitrogen and oxygen atoms in total. The minimum Gasteiger partial charge on any atom is -0.493 e. The van der Waals surface area contributed by atoms with Crippen molar-refractivity contribution < 1.29 is 23.7 Å². The van der Waals surface area contributed by atoms with E-state index in [9.17, 15) is 4.79 Å². The molecule has 0 radical (unpaired) electrons. The number of rotatable bonds is 15. The lowest BCUT2D eigenvalue weighted by Crippen LogP contribution is -2.27. The van der Waals surface area contributed by atoms with E-state index in [1.807, 2.05) is 127 Å². The predicted octanol–water partition coefficient (Wildman–Crippen LogP) is 7.33. The molecule has 0 aliphatic heterocycles. The highest BCUT2D eigenvalue weighted by Gasteiger charge is 2.12. The highest BCUT2D eigenvalue weighted by atomic mass is 16.5. The first kappa shape index (κ1) is 30.2. The molecule has 0 atom stereocenters. The molecule has 0 aliphatic carbocycles. The number of carbonyl (C=O) groups excluding carboxylic acids is 1. The first-order chi connectivity index (χ1) is 21.7. The monoisotopic (exact) mass is 587 g/mol. The van der Waals surface area contributed by atoms with E-state index in [0.717, 1.165) is 27.8 Å². The summed E-state index contributed by atoms with van der Waals surface area (Å²) in [6.07, 6.45) is 0.898. The van der Waals surface area contributed by atoms with Crippen LogP contribution in [0.1, 0.15) is 27.8 Å². The van der Waals surface area contributed by atoms with Crippen LogP contribution in [0.4, 0.5) is 0 Å². The Kier molecular flexibility index (Phi) is 10.9. The maximum absolute atomic E-state index is 12.9. The van der Waals surface area contributed by atoms with E-state index in [2.05, 4.69) is 5.32 Å². The average Bonchev–Trinajstić information content (AvgIpc) is 3.07. The minimum atomic E-state index is -0.0632. The van der Waals surface area contributed by atoms with E-state index in [-0.39, 0.29) is 12.3 Å². The molecule has 44 heavy (non-hydrogen) atoms. The third-order valence-corrected chi connectivity index (χ3v) is 7.05. The molecule has 5 aromatic rings. The Morgan fingerprint density at radius 1 is 0.523 bits per heavy atom. The highest BCUT2D eigenvalue weighted by Crippen LogP contribution is 2.31. The zero-order chi connectivity index (χ0) is 30.4. The van der Waals surface area contributed by atoms with E-state index < -0.39 is 0 Å². The molecule has 1 amide bonds. The fourth-order valence-corrected chi connectivity index (χ4v) is 4.68. The van der Waals surface area contributed by atoms with Gasteiger partial charge in [-0.15, -0.1) is 0 Å². The molecule has 6 heteroatoms. The topological polar surface area (TPSA) is 66.0 Å². The van der Waals surface area contributed by atoms with Gasteiger partial charge in [-0.2, -0.15) is 0 Å². The van der Waals surface area contributed by atoms with Crippen LogP contribution in [0.5, 0.6) is 23.0 Å². The predicted molar refractivity (Wildman–Crippen MR) is 172 cm³/mol. The fraction of sp³-hybridized carbons (Fsp3) is 0.184. The SMILES string of the molecule is COc1cc(CCNC(=O)Cc2ccc(OCc3ccccc3)c(OCc3ccccc3)c2)ccc1OCc1ccccc1. The zero-order valence-corrected chi connectivity index (χ0v) is 24.9. The standard InChI is InChI=1S/C38H37NO5/c1-41-36-23-29(17-19-34(36)42-26-30-11-5-2-6-12-30)21-22-39-38(40)25-33-18-20-35(43-27-31-13-7-3-8-14-31)37(24-33)44-28-32-15-9-4-10-16-32/h2-20,23-24H,21-22,25-28H2,1H3,(H,39,40). The van der Waals surface area contributed by atoms with E-state index in [1.54, 1.807) is 7.11 Å². The van der Waals surface area contributed by atoms with Gasteiger partial charge in [-0.25, -0.2) is 0 Å². The van der Waals surface area contributed by atoms with Gasteiger partial charge in [0.15, 0.2) is 23.0 Å². The first-order valence-electron chi connectivity index (χ1n) is 14.7. The maximum atomic E-state index is 12.9. The highest BCUT2D eigenvalue weighted by molar-refractivity contribution is 5.78. The summed E-state index contributed by atoms with van der Waals surface area (Å²) in [5, 5.41) is 3.03. The summed E-state index contributed by atoms with van der Waals surface area (Å²) in [5.74, 6) is 2.54. The number of hydrogen-bond donors (Lipinski definition) is 1. The molecular weight excluding hydrogens is 550 g/mol. The molecule has 5 aromatic carbocycles. The normalized spacial score (nSPS) is 10.6. The Morgan fingerprint density at radius 2 is 0.977 bits per heavy atom. The Hall–Kier alpha value is -5.23. The smallest absolute Gasteiger partial charge is 0.224 e. The van der Waals surface area contributed by atoms with E-state index in [1.165, 1.54) is 0 Å². The second kappa shape index (κ2) is 15.8. The van der Waals surface area contributed by atoms with Crippen LogP contribution in [0.15, 0.2) is 127 Å². The van der Waals surface area contributed by atoms with Gasteiger partial charge in [-0.3, -0.25) is 4.79 Å². The number of ether oxygens (including phenoxy) is 4. The van der Waals surface area contributed by atoms with Crippen molar-refractivity contribution in [2.75, 3.05) is 13.7 Å². The molecule has 0 saturated heterocycles. The lowest BCUT2D eigenvalue weighted by Gasteiger charge is -2.15. The number of nitrogens with one attached hydrogen (secondary N) is 1. The van der Waals surface area contributed by atoms with Gasteiger partial charge in [0, 0.05) is 6.54 Å². The molecule has 0 unspecified atom stereocenters. The van der Waals surface area contributed by atoms with Gasteiger partial charge in [0.25, 0.3) is 0 Å². The summed E-state index contributed by atoms with van der Waals surface area (Å²) in [5.41, 5.74) is 5.10. The van der Waals surface area contributed by atoms with Gasteiger partial charge in [-0.05, 0) is 58.5 Å². The summed E-state index contributed by atoms with van der Waals surface area (Å²) in [7, 11) is 1.63. The summed E-state index contributed by atoms with van der Waals surface area (Å²) < 4.78 is 23.8. The Bertz CT molecular complexity index is 1610. The summed E-state index contributed by atoms with van der Waals surface area (Å²) in [6.45, 7) is 1.79. The molecule has 0 bridgehead atoms. The molecule has 0 fully saturated rings. The second-order valence-corrected chi connectivity index (χ2v) is 10.4. The molecule has 1 N–H and O–H groups in total. The molecule has 0 aliphatic rings. The van der Waals surface area contributed by atoms with Crippen molar-refractivity contribution in [3.63, 3.8) is 0 Å². The van der Waals surface area contributed by atoms with Gasteiger partial charge in [0.1, 0.15) is 19.8 Å². The molecule has 0 heterocycles. The molecule has 0 spiro atoms. The Morgan fingerprint density at radius 3 is 1.50 bits per heavy atom.